The molecule has 18 heavy (non-hydrogen) atoms. The van der Waals surface area contributed by atoms with Crippen LogP contribution in [-0.2, 0) is 0 Å². The van der Waals surface area contributed by atoms with Gasteiger partial charge in [-0.15, -0.1) is 0 Å². The maximum atomic E-state index is 2.35. The number of benzene rings is 1. The summed E-state index contributed by atoms with van der Waals surface area (Å²) in [5.74, 6) is 0.828. The molecular weight excluding hydrogens is 220 g/mol. The van der Waals surface area contributed by atoms with Gasteiger partial charge in [0.05, 0.1) is 0 Å². The fourth-order valence-electron chi connectivity index (χ4n) is 2.04. The summed E-state index contributed by atoms with van der Waals surface area (Å²) >= 11 is 0. The van der Waals surface area contributed by atoms with Gasteiger partial charge in [-0.05, 0) is 36.6 Å². The van der Waals surface area contributed by atoms with Crippen LogP contribution in [-0.4, -0.2) is 27.7 Å². The van der Waals surface area contributed by atoms with Gasteiger partial charge in [0.15, 0.2) is 0 Å². The molecule has 0 fully saturated rings. The Morgan fingerprint density at radius 3 is 1.94 bits per heavy atom. The molecule has 1 rings (SSSR count). The molecule has 0 aliphatic rings. The third-order valence-corrected chi connectivity index (χ3v) is 3.33. The van der Waals surface area contributed by atoms with Crippen molar-refractivity contribution in [3.63, 3.8) is 0 Å². The lowest BCUT2D eigenvalue weighted by atomic mass is 10.1. The summed E-state index contributed by atoms with van der Waals surface area (Å²) in [4.78, 5) is 4.48. The molecular formula is C16H28N2. The van der Waals surface area contributed by atoms with Crippen LogP contribution in [0, 0.1) is 5.92 Å². The quantitative estimate of drug-likeness (QED) is 0.673. The Morgan fingerprint density at radius 2 is 1.44 bits per heavy atom. The van der Waals surface area contributed by atoms with Gasteiger partial charge in [0.1, 0.15) is 0 Å². The monoisotopic (exact) mass is 248 g/mol. The Hall–Kier alpha value is -1.18. The van der Waals surface area contributed by atoms with Crippen molar-refractivity contribution in [1.29, 1.82) is 0 Å². The molecule has 0 aliphatic heterocycles. The van der Waals surface area contributed by atoms with Crippen molar-refractivity contribution in [2.24, 2.45) is 5.92 Å². The lowest BCUT2D eigenvalue weighted by molar-refractivity contribution is 0.538. The molecule has 2 nitrogen and oxygen atoms in total. The maximum Gasteiger partial charge on any atom is 0.0365 e. The predicted molar refractivity (Wildman–Crippen MR) is 82.7 cm³/mol. The van der Waals surface area contributed by atoms with Gasteiger partial charge in [-0.25, -0.2) is 0 Å². The third-order valence-electron chi connectivity index (χ3n) is 3.33. The number of rotatable bonds is 7. The smallest absolute Gasteiger partial charge is 0.0365 e. The van der Waals surface area contributed by atoms with E-state index in [1.807, 2.05) is 0 Å². The van der Waals surface area contributed by atoms with Crippen LogP contribution in [0.4, 0.5) is 11.4 Å². The summed E-state index contributed by atoms with van der Waals surface area (Å²) in [5, 5.41) is 0. The molecule has 0 saturated carbocycles. The fourth-order valence-corrected chi connectivity index (χ4v) is 2.04. The minimum atomic E-state index is 0.828. The van der Waals surface area contributed by atoms with E-state index in [-0.39, 0.29) is 0 Å². The fraction of sp³-hybridized carbons (Fsp3) is 0.625. The van der Waals surface area contributed by atoms with Crippen LogP contribution in [0.15, 0.2) is 24.3 Å². The van der Waals surface area contributed by atoms with Crippen LogP contribution in [0.25, 0.3) is 0 Å². The van der Waals surface area contributed by atoms with E-state index >= 15 is 0 Å². The zero-order valence-electron chi connectivity index (χ0n) is 12.6. The summed E-state index contributed by atoms with van der Waals surface area (Å²) in [6, 6.07) is 8.77. The standard InChI is InChI=1S/C16H28N2/c1-14(2)8-6-7-13-18(5)16-11-9-15(10-12-16)17(3)4/h9-12,14H,6-8,13H2,1-5H3. The van der Waals surface area contributed by atoms with E-state index in [0.29, 0.717) is 0 Å². The van der Waals surface area contributed by atoms with Crippen molar-refractivity contribution in [3.8, 4) is 0 Å². The minimum absolute atomic E-state index is 0.828. The average molecular weight is 248 g/mol. The number of hydrogen-bond donors (Lipinski definition) is 0. The maximum absolute atomic E-state index is 2.35. The van der Waals surface area contributed by atoms with E-state index in [1.54, 1.807) is 0 Å². The first-order valence-electron chi connectivity index (χ1n) is 6.99. The number of hydrogen-bond acceptors (Lipinski definition) is 2. The zero-order chi connectivity index (χ0) is 13.5. The minimum Gasteiger partial charge on any atom is -0.378 e. The van der Waals surface area contributed by atoms with Crippen LogP contribution in [0.5, 0.6) is 0 Å². The SMILES string of the molecule is CC(C)CCCCN(C)c1ccc(N(C)C)cc1. The highest BCUT2D eigenvalue weighted by Gasteiger charge is 2.02. The summed E-state index contributed by atoms with van der Waals surface area (Å²) in [6.45, 7) is 5.74. The largest absolute Gasteiger partial charge is 0.378 e. The van der Waals surface area contributed by atoms with Gasteiger partial charge in [0.2, 0.25) is 0 Å². The molecule has 0 radical (unpaired) electrons. The second kappa shape index (κ2) is 7.30. The molecule has 0 spiro atoms. The van der Waals surface area contributed by atoms with E-state index in [9.17, 15) is 0 Å². The van der Waals surface area contributed by atoms with Crippen molar-refractivity contribution in [2.75, 3.05) is 37.5 Å². The van der Waals surface area contributed by atoms with Gasteiger partial charge >= 0.3 is 0 Å². The molecule has 1 aromatic carbocycles. The molecule has 1 aromatic rings. The highest BCUT2D eigenvalue weighted by atomic mass is 15.1. The summed E-state index contributed by atoms with van der Waals surface area (Å²) in [7, 11) is 6.33. The molecule has 102 valence electrons. The highest BCUT2D eigenvalue weighted by Crippen LogP contribution is 2.19. The molecule has 0 atom stereocenters. The summed E-state index contributed by atoms with van der Waals surface area (Å²) in [5.41, 5.74) is 2.57. The average Bonchev–Trinajstić information content (AvgIpc) is 2.34. The molecule has 0 saturated heterocycles. The van der Waals surface area contributed by atoms with Gasteiger partial charge < -0.3 is 9.80 Å². The predicted octanol–water partition coefficient (Wildman–Crippen LogP) is 4.02. The summed E-state index contributed by atoms with van der Waals surface area (Å²) < 4.78 is 0. The van der Waals surface area contributed by atoms with Crippen LogP contribution in [0.3, 0.4) is 0 Å². The van der Waals surface area contributed by atoms with Crippen LogP contribution >= 0.6 is 0 Å². The second-order valence-corrected chi connectivity index (χ2v) is 5.72. The second-order valence-electron chi connectivity index (χ2n) is 5.72. The van der Waals surface area contributed by atoms with E-state index < -0.39 is 0 Å². The van der Waals surface area contributed by atoms with Crippen molar-refractivity contribution in [1.82, 2.24) is 0 Å². The molecule has 0 aliphatic carbocycles. The normalized spacial score (nSPS) is 10.8. The van der Waals surface area contributed by atoms with Crippen LogP contribution in [0.1, 0.15) is 33.1 Å². The Labute approximate surface area is 113 Å². The van der Waals surface area contributed by atoms with Crippen molar-refractivity contribution in [2.45, 2.75) is 33.1 Å². The Kier molecular flexibility index (Phi) is 6.03. The Balaban J connectivity index is 2.39. The molecule has 0 heterocycles. The molecule has 0 aromatic heterocycles. The van der Waals surface area contributed by atoms with E-state index in [0.717, 1.165) is 12.5 Å². The van der Waals surface area contributed by atoms with Crippen molar-refractivity contribution < 1.29 is 0 Å². The first-order chi connectivity index (χ1) is 8.50. The van der Waals surface area contributed by atoms with Crippen LogP contribution < -0.4 is 9.80 Å². The van der Waals surface area contributed by atoms with Gasteiger partial charge in [-0.2, -0.15) is 0 Å². The van der Waals surface area contributed by atoms with Crippen LogP contribution in [0.2, 0.25) is 0 Å². The lowest BCUT2D eigenvalue weighted by Crippen LogP contribution is -2.18. The van der Waals surface area contributed by atoms with Gasteiger partial charge in [0, 0.05) is 39.1 Å². The van der Waals surface area contributed by atoms with Gasteiger partial charge in [0.25, 0.3) is 0 Å². The zero-order valence-corrected chi connectivity index (χ0v) is 12.6. The van der Waals surface area contributed by atoms with E-state index in [1.165, 1.54) is 30.6 Å². The highest BCUT2D eigenvalue weighted by molar-refractivity contribution is 5.55. The number of anilines is 2. The first kappa shape index (κ1) is 14.9. The van der Waals surface area contributed by atoms with Gasteiger partial charge in [-0.3, -0.25) is 0 Å². The number of unbranched alkanes of at least 4 members (excludes halogenated alkanes) is 1. The molecule has 0 bridgehead atoms. The van der Waals surface area contributed by atoms with Crippen molar-refractivity contribution >= 4 is 11.4 Å². The molecule has 0 unspecified atom stereocenters. The Morgan fingerprint density at radius 1 is 0.889 bits per heavy atom. The number of nitrogens with zero attached hydrogens (tertiary/aromatic N) is 2. The van der Waals surface area contributed by atoms with E-state index in [4.69, 9.17) is 0 Å². The molecule has 0 amide bonds. The topological polar surface area (TPSA) is 6.48 Å². The van der Waals surface area contributed by atoms with Gasteiger partial charge in [-0.1, -0.05) is 26.7 Å². The Bertz CT molecular complexity index is 327. The third kappa shape index (κ3) is 4.99. The first-order valence-corrected chi connectivity index (χ1v) is 6.99. The molecule has 0 N–H and O–H groups in total. The van der Waals surface area contributed by atoms with E-state index in [2.05, 4.69) is 69.1 Å². The lowest BCUT2D eigenvalue weighted by Gasteiger charge is -2.21. The van der Waals surface area contributed by atoms with Crippen molar-refractivity contribution in [3.05, 3.63) is 24.3 Å². The molecule has 2 heteroatoms. The summed E-state index contributed by atoms with van der Waals surface area (Å²) in [6.07, 6.45) is 3.95.